The molecule has 1 aromatic heterocycles. The molecule has 1 aromatic rings. The van der Waals surface area contributed by atoms with Crippen molar-refractivity contribution in [1.29, 1.82) is 5.26 Å². The van der Waals surface area contributed by atoms with E-state index in [9.17, 15) is 0 Å². The van der Waals surface area contributed by atoms with Crippen molar-refractivity contribution in [2.45, 2.75) is 0 Å². The summed E-state index contributed by atoms with van der Waals surface area (Å²) in [7, 11) is 0. The Labute approximate surface area is 64.9 Å². The Kier molecular flexibility index (Phi) is 3.23. The molecular weight excluding hydrogens is 150 g/mol. The number of hydrogen-bond donors (Lipinski definition) is 1. The zero-order valence-electron chi connectivity index (χ0n) is 5.11. The van der Waals surface area contributed by atoms with Gasteiger partial charge in [-0.05, 0) is 12.1 Å². The van der Waals surface area contributed by atoms with Crippen LogP contribution in [0.15, 0.2) is 18.3 Å². The Hall–Kier alpha value is -1.27. The van der Waals surface area contributed by atoms with E-state index in [4.69, 9.17) is 11.0 Å². The van der Waals surface area contributed by atoms with Crippen LogP contribution in [0.4, 0.5) is 5.69 Å². The summed E-state index contributed by atoms with van der Waals surface area (Å²) < 4.78 is 0. The van der Waals surface area contributed by atoms with Crippen LogP contribution >= 0.6 is 12.4 Å². The van der Waals surface area contributed by atoms with Crippen LogP contribution in [0.1, 0.15) is 5.69 Å². The van der Waals surface area contributed by atoms with E-state index < -0.39 is 0 Å². The second kappa shape index (κ2) is 3.70. The molecule has 0 saturated heterocycles. The molecule has 0 amide bonds. The number of nitriles is 1. The Balaban J connectivity index is 0.000000810. The van der Waals surface area contributed by atoms with E-state index in [1.54, 1.807) is 12.1 Å². The number of aromatic nitrogens is 1. The van der Waals surface area contributed by atoms with Crippen LogP contribution < -0.4 is 5.73 Å². The van der Waals surface area contributed by atoms with Gasteiger partial charge in [-0.1, -0.05) is 0 Å². The van der Waals surface area contributed by atoms with E-state index >= 15 is 0 Å². The average Bonchev–Trinajstić information content (AvgIpc) is 1.89. The van der Waals surface area contributed by atoms with Gasteiger partial charge in [0.15, 0.2) is 5.69 Å². The van der Waals surface area contributed by atoms with Gasteiger partial charge in [0.2, 0.25) is 0 Å². The molecule has 0 aliphatic carbocycles. The SMILES string of the molecule is Cl.N#Cc1ncccc1N. The lowest BCUT2D eigenvalue weighted by atomic mass is 10.3. The maximum atomic E-state index is 8.33. The van der Waals surface area contributed by atoms with E-state index in [-0.39, 0.29) is 18.1 Å². The molecule has 0 aliphatic heterocycles. The summed E-state index contributed by atoms with van der Waals surface area (Å²) in [6.45, 7) is 0. The molecule has 1 rings (SSSR count). The Morgan fingerprint density at radius 1 is 1.60 bits per heavy atom. The summed E-state index contributed by atoms with van der Waals surface area (Å²) in [6, 6.07) is 5.19. The van der Waals surface area contributed by atoms with Crippen LogP contribution in [0.5, 0.6) is 0 Å². The molecule has 0 spiro atoms. The van der Waals surface area contributed by atoms with Crippen molar-refractivity contribution in [3.8, 4) is 6.07 Å². The van der Waals surface area contributed by atoms with E-state index in [0.717, 1.165) is 0 Å². The molecule has 0 aliphatic rings. The second-order valence-electron chi connectivity index (χ2n) is 1.55. The number of halogens is 1. The van der Waals surface area contributed by atoms with Crippen molar-refractivity contribution in [1.82, 2.24) is 4.98 Å². The van der Waals surface area contributed by atoms with Gasteiger partial charge in [0.05, 0.1) is 5.69 Å². The number of nitrogen functional groups attached to an aromatic ring is 1. The van der Waals surface area contributed by atoms with Gasteiger partial charge < -0.3 is 5.73 Å². The highest BCUT2D eigenvalue weighted by Gasteiger charge is 1.92. The van der Waals surface area contributed by atoms with Crippen LogP contribution in [-0.4, -0.2) is 4.98 Å². The fourth-order valence-electron chi connectivity index (χ4n) is 0.511. The summed E-state index contributed by atoms with van der Waals surface area (Å²) in [4.78, 5) is 3.71. The van der Waals surface area contributed by atoms with Crippen molar-refractivity contribution in [2.75, 3.05) is 5.73 Å². The topological polar surface area (TPSA) is 62.7 Å². The van der Waals surface area contributed by atoms with Crippen molar-refractivity contribution in [3.05, 3.63) is 24.0 Å². The third-order valence-electron chi connectivity index (χ3n) is 0.945. The zero-order valence-corrected chi connectivity index (χ0v) is 5.93. The highest BCUT2D eigenvalue weighted by Crippen LogP contribution is 2.03. The van der Waals surface area contributed by atoms with E-state index in [2.05, 4.69) is 4.98 Å². The zero-order chi connectivity index (χ0) is 6.69. The van der Waals surface area contributed by atoms with Gasteiger partial charge in [-0.3, -0.25) is 0 Å². The lowest BCUT2D eigenvalue weighted by Gasteiger charge is -1.90. The molecule has 4 heteroatoms. The number of nitrogens with two attached hydrogens (primary N) is 1. The van der Waals surface area contributed by atoms with Crippen molar-refractivity contribution in [2.24, 2.45) is 0 Å². The lowest BCUT2D eigenvalue weighted by Crippen LogP contribution is -1.91. The molecular formula is C6H6ClN3. The maximum Gasteiger partial charge on any atom is 0.163 e. The van der Waals surface area contributed by atoms with Gasteiger partial charge in [0, 0.05) is 6.20 Å². The van der Waals surface area contributed by atoms with Crippen LogP contribution in [0.2, 0.25) is 0 Å². The monoisotopic (exact) mass is 155 g/mol. The van der Waals surface area contributed by atoms with E-state index in [1.807, 2.05) is 6.07 Å². The average molecular weight is 156 g/mol. The molecule has 0 unspecified atom stereocenters. The van der Waals surface area contributed by atoms with Gasteiger partial charge in [-0.15, -0.1) is 12.4 Å². The minimum Gasteiger partial charge on any atom is -0.396 e. The fourth-order valence-corrected chi connectivity index (χ4v) is 0.511. The van der Waals surface area contributed by atoms with Crippen LogP contribution in [0.3, 0.4) is 0 Å². The summed E-state index contributed by atoms with van der Waals surface area (Å²) in [6.07, 6.45) is 1.54. The minimum atomic E-state index is 0. The fraction of sp³-hybridized carbons (Fsp3) is 0. The first-order valence-electron chi connectivity index (χ1n) is 2.45. The predicted octanol–water partition coefficient (Wildman–Crippen LogP) is 0.957. The van der Waals surface area contributed by atoms with Gasteiger partial charge in [-0.25, -0.2) is 4.98 Å². The first-order valence-corrected chi connectivity index (χ1v) is 2.45. The molecule has 0 fully saturated rings. The molecule has 1 heterocycles. The van der Waals surface area contributed by atoms with Crippen molar-refractivity contribution in [3.63, 3.8) is 0 Å². The molecule has 3 nitrogen and oxygen atoms in total. The highest BCUT2D eigenvalue weighted by atomic mass is 35.5. The molecule has 2 N–H and O–H groups in total. The molecule has 52 valence electrons. The highest BCUT2D eigenvalue weighted by molar-refractivity contribution is 5.85. The molecule has 0 aromatic carbocycles. The maximum absolute atomic E-state index is 8.33. The smallest absolute Gasteiger partial charge is 0.163 e. The Morgan fingerprint density at radius 2 is 2.30 bits per heavy atom. The summed E-state index contributed by atoms with van der Waals surface area (Å²) in [5, 5.41) is 8.33. The first kappa shape index (κ1) is 8.73. The van der Waals surface area contributed by atoms with Crippen LogP contribution in [0, 0.1) is 11.3 Å². The largest absolute Gasteiger partial charge is 0.396 e. The van der Waals surface area contributed by atoms with E-state index in [1.165, 1.54) is 6.20 Å². The van der Waals surface area contributed by atoms with Gasteiger partial charge >= 0.3 is 0 Å². The Morgan fingerprint density at radius 3 is 2.70 bits per heavy atom. The number of hydrogen-bond acceptors (Lipinski definition) is 3. The predicted molar refractivity (Wildman–Crippen MR) is 40.6 cm³/mol. The number of nitrogens with zero attached hydrogens (tertiary/aromatic N) is 2. The van der Waals surface area contributed by atoms with Gasteiger partial charge in [-0.2, -0.15) is 5.26 Å². The number of pyridine rings is 1. The van der Waals surface area contributed by atoms with Crippen LogP contribution in [-0.2, 0) is 0 Å². The normalized spacial score (nSPS) is 7.50. The van der Waals surface area contributed by atoms with E-state index in [0.29, 0.717) is 5.69 Å². The molecule has 0 bridgehead atoms. The molecule has 0 saturated carbocycles. The molecule has 0 atom stereocenters. The molecule has 10 heavy (non-hydrogen) atoms. The summed E-state index contributed by atoms with van der Waals surface area (Å²) >= 11 is 0. The summed E-state index contributed by atoms with van der Waals surface area (Å²) in [5.74, 6) is 0. The van der Waals surface area contributed by atoms with Gasteiger partial charge in [0.1, 0.15) is 6.07 Å². The lowest BCUT2D eigenvalue weighted by molar-refractivity contribution is 1.27. The van der Waals surface area contributed by atoms with Gasteiger partial charge in [0.25, 0.3) is 0 Å². The molecule has 0 radical (unpaired) electrons. The number of anilines is 1. The standard InChI is InChI=1S/C6H5N3.ClH/c7-4-6-5(8)2-1-3-9-6;/h1-3H,8H2;1H. The van der Waals surface area contributed by atoms with Crippen molar-refractivity contribution >= 4 is 18.1 Å². The third-order valence-corrected chi connectivity index (χ3v) is 0.945. The summed E-state index contributed by atoms with van der Waals surface area (Å²) in [5.41, 5.74) is 6.07. The Bertz CT molecular complexity index is 253. The second-order valence-corrected chi connectivity index (χ2v) is 1.55. The quantitative estimate of drug-likeness (QED) is 0.607. The first-order chi connectivity index (χ1) is 4.34. The third kappa shape index (κ3) is 1.61. The van der Waals surface area contributed by atoms with Crippen LogP contribution in [0.25, 0.3) is 0 Å². The number of rotatable bonds is 0. The van der Waals surface area contributed by atoms with Crippen molar-refractivity contribution < 1.29 is 0 Å². The minimum absolute atomic E-state index is 0.